The molecule has 0 unspecified atom stereocenters. The zero-order valence-corrected chi connectivity index (χ0v) is 15.9. The Morgan fingerprint density at radius 1 is 1.23 bits per heavy atom. The van der Waals surface area contributed by atoms with E-state index in [1.165, 1.54) is 11.6 Å². The van der Waals surface area contributed by atoms with Crippen LogP contribution in [0.4, 0.5) is 0 Å². The fraction of sp³-hybridized carbons (Fsp3) is 0.286. The summed E-state index contributed by atoms with van der Waals surface area (Å²) in [5.74, 6) is 0.929. The second-order valence-electron chi connectivity index (χ2n) is 5.74. The largest absolute Gasteiger partial charge is 0.493 e. The molecule has 5 heteroatoms. The highest BCUT2D eigenvalue weighted by atomic mass is 35.5. The van der Waals surface area contributed by atoms with E-state index in [1.807, 2.05) is 37.3 Å². The Kier molecular flexibility index (Phi) is 8.03. The van der Waals surface area contributed by atoms with E-state index in [0.29, 0.717) is 29.7 Å². The first-order valence-electron chi connectivity index (χ1n) is 8.64. The molecule has 26 heavy (non-hydrogen) atoms. The molecular formula is C21H24ClNO3. The Morgan fingerprint density at radius 2 is 2.00 bits per heavy atom. The minimum absolute atomic E-state index is 0.151. The summed E-state index contributed by atoms with van der Waals surface area (Å²) in [5.41, 5.74) is 1.96. The van der Waals surface area contributed by atoms with Gasteiger partial charge in [0.15, 0.2) is 11.5 Å². The lowest BCUT2D eigenvalue weighted by Crippen LogP contribution is -2.23. The van der Waals surface area contributed by atoms with E-state index in [2.05, 4.69) is 5.32 Å². The topological polar surface area (TPSA) is 47.6 Å². The Balaban J connectivity index is 1.94. The summed E-state index contributed by atoms with van der Waals surface area (Å²) in [5, 5.41) is 3.33. The molecule has 2 aromatic carbocycles. The van der Waals surface area contributed by atoms with E-state index >= 15 is 0 Å². The van der Waals surface area contributed by atoms with Gasteiger partial charge in [0.2, 0.25) is 5.91 Å². The maximum Gasteiger partial charge on any atom is 0.244 e. The summed E-state index contributed by atoms with van der Waals surface area (Å²) in [4.78, 5) is 12.0. The Hall–Kier alpha value is -2.46. The molecule has 138 valence electrons. The number of carbonyl (C=O) groups excluding carboxylic acids is 1. The van der Waals surface area contributed by atoms with Crippen molar-refractivity contribution in [1.82, 2.24) is 5.32 Å². The Bertz CT molecular complexity index is 744. The van der Waals surface area contributed by atoms with Crippen LogP contribution in [0, 0.1) is 0 Å². The zero-order chi connectivity index (χ0) is 18.8. The van der Waals surface area contributed by atoms with Gasteiger partial charge in [-0.2, -0.15) is 0 Å². The van der Waals surface area contributed by atoms with E-state index < -0.39 is 0 Å². The number of rotatable bonds is 9. The fourth-order valence-electron chi connectivity index (χ4n) is 2.39. The second-order valence-corrected chi connectivity index (χ2v) is 6.15. The van der Waals surface area contributed by atoms with E-state index in [1.54, 1.807) is 25.3 Å². The number of carbonyl (C=O) groups is 1. The Morgan fingerprint density at radius 3 is 2.69 bits per heavy atom. The maximum absolute atomic E-state index is 12.0. The predicted octanol–water partition coefficient (Wildman–Crippen LogP) is 4.51. The molecule has 0 saturated carbocycles. The molecule has 0 bridgehead atoms. The molecule has 0 aromatic heterocycles. The first-order valence-corrected chi connectivity index (χ1v) is 9.02. The van der Waals surface area contributed by atoms with Crippen molar-refractivity contribution in [2.75, 3.05) is 20.3 Å². The van der Waals surface area contributed by atoms with Crippen LogP contribution in [0.3, 0.4) is 0 Å². The lowest BCUT2D eigenvalue weighted by atomic mass is 10.1. The number of amides is 1. The van der Waals surface area contributed by atoms with Crippen LogP contribution in [-0.2, 0) is 11.2 Å². The standard InChI is InChI=1S/C21H24ClNO3/c1-3-13-26-21-18(22)14-17(15-19(21)25-2)9-10-20(24)23-12-11-16-7-5-4-6-8-16/h4-10,14-15H,3,11-13H2,1-2H3,(H,23,24)/b10-9+. The summed E-state index contributed by atoms with van der Waals surface area (Å²) in [6, 6.07) is 13.6. The highest BCUT2D eigenvalue weighted by Crippen LogP contribution is 2.36. The van der Waals surface area contributed by atoms with Crippen molar-refractivity contribution < 1.29 is 14.3 Å². The van der Waals surface area contributed by atoms with Gasteiger partial charge in [-0.1, -0.05) is 48.9 Å². The molecule has 0 fully saturated rings. The number of ether oxygens (including phenoxy) is 2. The zero-order valence-electron chi connectivity index (χ0n) is 15.1. The van der Waals surface area contributed by atoms with Crippen LogP contribution in [0.15, 0.2) is 48.5 Å². The molecule has 0 spiro atoms. The summed E-state index contributed by atoms with van der Waals surface area (Å²) < 4.78 is 11.0. The van der Waals surface area contributed by atoms with E-state index in [4.69, 9.17) is 21.1 Å². The fourth-order valence-corrected chi connectivity index (χ4v) is 2.66. The van der Waals surface area contributed by atoms with Gasteiger partial charge in [-0.25, -0.2) is 0 Å². The minimum atomic E-state index is -0.151. The van der Waals surface area contributed by atoms with Crippen LogP contribution in [0.2, 0.25) is 5.02 Å². The molecule has 2 aromatic rings. The summed E-state index contributed by atoms with van der Waals surface area (Å²) in [7, 11) is 1.56. The molecule has 1 amide bonds. The molecule has 4 nitrogen and oxygen atoms in total. The maximum atomic E-state index is 12.0. The molecule has 0 aliphatic carbocycles. The first-order chi connectivity index (χ1) is 12.6. The smallest absolute Gasteiger partial charge is 0.244 e. The number of hydrogen-bond acceptors (Lipinski definition) is 3. The van der Waals surface area contributed by atoms with Crippen molar-refractivity contribution in [1.29, 1.82) is 0 Å². The number of halogens is 1. The molecule has 0 atom stereocenters. The van der Waals surface area contributed by atoms with Crippen molar-refractivity contribution in [2.45, 2.75) is 19.8 Å². The van der Waals surface area contributed by atoms with Crippen LogP contribution >= 0.6 is 11.6 Å². The van der Waals surface area contributed by atoms with Crippen molar-refractivity contribution >= 4 is 23.6 Å². The molecule has 0 saturated heterocycles. The van der Waals surface area contributed by atoms with Crippen molar-refractivity contribution in [2.24, 2.45) is 0 Å². The number of hydrogen-bond donors (Lipinski definition) is 1. The second kappa shape index (κ2) is 10.5. The van der Waals surface area contributed by atoms with E-state index in [-0.39, 0.29) is 5.91 Å². The van der Waals surface area contributed by atoms with Gasteiger partial charge in [-0.15, -0.1) is 0 Å². The van der Waals surface area contributed by atoms with Gasteiger partial charge in [0, 0.05) is 12.6 Å². The molecule has 0 aliphatic heterocycles. The van der Waals surface area contributed by atoms with Gasteiger partial charge in [0.05, 0.1) is 18.7 Å². The number of methoxy groups -OCH3 is 1. The molecule has 0 heterocycles. The van der Waals surface area contributed by atoms with Crippen molar-refractivity contribution in [3.63, 3.8) is 0 Å². The van der Waals surface area contributed by atoms with Crippen LogP contribution in [0.5, 0.6) is 11.5 Å². The Labute approximate surface area is 159 Å². The van der Waals surface area contributed by atoms with Crippen LogP contribution in [0.1, 0.15) is 24.5 Å². The van der Waals surface area contributed by atoms with Gasteiger partial charge >= 0.3 is 0 Å². The molecule has 0 radical (unpaired) electrons. The van der Waals surface area contributed by atoms with Crippen molar-refractivity contribution in [3.8, 4) is 11.5 Å². The lowest BCUT2D eigenvalue weighted by molar-refractivity contribution is -0.116. The van der Waals surface area contributed by atoms with Crippen LogP contribution in [0.25, 0.3) is 6.08 Å². The monoisotopic (exact) mass is 373 g/mol. The van der Waals surface area contributed by atoms with Crippen molar-refractivity contribution in [3.05, 3.63) is 64.7 Å². The lowest BCUT2D eigenvalue weighted by Gasteiger charge is -2.12. The highest BCUT2D eigenvalue weighted by Gasteiger charge is 2.11. The van der Waals surface area contributed by atoms with Gasteiger partial charge in [-0.3, -0.25) is 4.79 Å². The molecular weight excluding hydrogens is 350 g/mol. The normalized spacial score (nSPS) is 10.7. The van der Waals surface area contributed by atoms with E-state index in [0.717, 1.165) is 18.4 Å². The molecule has 2 rings (SSSR count). The average Bonchev–Trinajstić information content (AvgIpc) is 2.66. The third-order valence-electron chi connectivity index (χ3n) is 3.69. The number of nitrogens with one attached hydrogen (secondary N) is 1. The first kappa shape index (κ1) is 19.9. The predicted molar refractivity (Wildman–Crippen MR) is 106 cm³/mol. The number of benzene rings is 2. The van der Waals surface area contributed by atoms with Gasteiger partial charge in [-0.05, 0) is 42.2 Å². The summed E-state index contributed by atoms with van der Waals surface area (Å²) in [6.07, 6.45) is 4.87. The third-order valence-corrected chi connectivity index (χ3v) is 3.97. The van der Waals surface area contributed by atoms with Crippen LogP contribution in [-0.4, -0.2) is 26.2 Å². The molecule has 1 N–H and O–H groups in total. The third kappa shape index (κ3) is 6.12. The summed E-state index contributed by atoms with van der Waals surface area (Å²) in [6.45, 7) is 3.17. The van der Waals surface area contributed by atoms with Crippen LogP contribution < -0.4 is 14.8 Å². The highest BCUT2D eigenvalue weighted by molar-refractivity contribution is 6.32. The molecule has 0 aliphatic rings. The average molecular weight is 374 g/mol. The van der Waals surface area contributed by atoms with Gasteiger partial charge in [0.1, 0.15) is 0 Å². The quantitative estimate of drug-likeness (QED) is 0.658. The minimum Gasteiger partial charge on any atom is -0.493 e. The van der Waals surface area contributed by atoms with Gasteiger partial charge in [0.25, 0.3) is 0 Å². The van der Waals surface area contributed by atoms with E-state index in [9.17, 15) is 4.79 Å². The van der Waals surface area contributed by atoms with Gasteiger partial charge < -0.3 is 14.8 Å². The summed E-state index contributed by atoms with van der Waals surface area (Å²) >= 11 is 6.28. The SMILES string of the molecule is CCCOc1c(Cl)cc(/C=C/C(=O)NCCc2ccccc2)cc1OC.